The van der Waals surface area contributed by atoms with Crippen molar-refractivity contribution in [3.8, 4) is 73.5 Å². The van der Waals surface area contributed by atoms with Gasteiger partial charge in [0.1, 0.15) is 0 Å². The fraction of sp³-hybridized carbons (Fsp3) is 0. The minimum Gasteiger partial charge on any atom is -0.316 e. The Bertz CT molecular complexity index is 4640. The molecule has 0 bridgehead atoms. The number of fused-ring (bicyclic) bond motifs is 10. The number of aromatic nitrogens is 6. The molecule has 0 amide bonds. The largest absolute Gasteiger partial charge is 0.316 e. The highest BCUT2D eigenvalue weighted by atomic mass is 15.0. The molecule has 4 heterocycles. The van der Waals surface area contributed by atoms with Crippen LogP contribution in [0.15, 0.2) is 267 Å². The molecule has 0 aliphatic heterocycles. The van der Waals surface area contributed by atoms with Crippen molar-refractivity contribution >= 4 is 65.3 Å². The smallest absolute Gasteiger partial charge is 0.164 e. The molecule has 11 aromatic carbocycles. The Morgan fingerprint density at radius 1 is 0.240 bits per heavy atom. The molecule has 15 rings (SSSR count). The zero-order valence-corrected chi connectivity index (χ0v) is 40.6. The van der Waals surface area contributed by atoms with Gasteiger partial charge in [0, 0.05) is 66.9 Å². The molecular formula is C69H44N6. The van der Waals surface area contributed by atoms with E-state index in [9.17, 15) is 0 Å². The van der Waals surface area contributed by atoms with E-state index in [1.165, 1.54) is 59.9 Å². The van der Waals surface area contributed by atoms with Crippen molar-refractivity contribution < 1.29 is 0 Å². The van der Waals surface area contributed by atoms with Gasteiger partial charge in [-0.3, -0.25) is 0 Å². The summed E-state index contributed by atoms with van der Waals surface area (Å²) in [5, 5.41) is 8.62. The molecule has 75 heavy (non-hydrogen) atoms. The van der Waals surface area contributed by atoms with Crippen molar-refractivity contribution in [1.82, 2.24) is 28.7 Å². The average molecular weight is 957 g/mol. The van der Waals surface area contributed by atoms with Crippen LogP contribution in [0.2, 0.25) is 0 Å². The van der Waals surface area contributed by atoms with Crippen molar-refractivity contribution in [2.45, 2.75) is 0 Å². The Morgan fingerprint density at radius 2 is 0.720 bits per heavy atom. The molecule has 0 radical (unpaired) electrons. The first-order chi connectivity index (χ1) is 37.2. The maximum absolute atomic E-state index is 5.05. The second-order valence-electron chi connectivity index (χ2n) is 19.2. The van der Waals surface area contributed by atoms with Crippen LogP contribution >= 0.6 is 0 Å². The van der Waals surface area contributed by atoms with Crippen LogP contribution in [0.3, 0.4) is 0 Å². The molecule has 0 fully saturated rings. The van der Waals surface area contributed by atoms with Gasteiger partial charge in [-0.2, -0.15) is 0 Å². The quantitative estimate of drug-likeness (QED) is 0.152. The summed E-state index contributed by atoms with van der Waals surface area (Å²) >= 11 is 0. The van der Waals surface area contributed by atoms with E-state index in [-0.39, 0.29) is 0 Å². The lowest BCUT2D eigenvalue weighted by molar-refractivity contribution is 1.07. The summed E-state index contributed by atoms with van der Waals surface area (Å²) in [6.07, 6.45) is 2.24. The second-order valence-corrected chi connectivity index (χ2v) is 19.2. The molecule has 6 heteroatoms. The first-order valence-corrected chi connectivity index (χ1v) is 25.4. The van der Waals surface area contributed by atoms with Crippen molar-refractivity contribution in [2.24, 2.45) is 0 Å². The number of hydrogen-bond acceptors (Lipinski definition) is 3. The summed E-state index contributed by atoms with van der Waals surface area (Å²) < 4.78 is 7.22. The Hall–Kier alpha value is -10.2. The Balaban J connectivity index is 0.862. The highest BCUT2D eigenvalue weighted by molar-refractivity contribution is 6.28. The number of benzene rings is 11. The van der Waals surface area contributed by atoms with Crippen LogP contribution < -0.4 is 0 Å². The minimum absolute atomic E-state index is 0.627. The van der Waals surface area contributed by atoms with Gasteiger partial charge in [0.15, 0.2) is 17.5 Å². The molecule has 0 saturated carbocycles. The van der Waals surface area contributed by atoms with Crippen molar-refractivity contribution in [2.75, 3.05) is 0 Å². The summed E-state index contributed by atoms with van der Waals surface area (Å²) in [5.41, 5.74) is 16.5. The maximum atomic E-state index is 5.05. The summed E-state index contributed by atoms with van der Waals surface area (Å²) in [6.45, 7) is 0. The monoisotopic (exact) mass is 956 g/mol. The van der Waals surface area contributed by atoms with Crippen LogP contribution in [0.5, 0.6) is 0 Å². The van der Waals surface area contributed by atoms with Crippen LogP contribution in [0, 0.1) is 0 Å². The predicted molar refractivity (Wildman–Crippen MR) is 310 cm³/mol. The van der Waals surface area contributed by atoms with Crippen molar-refractivity contribution in [1.29, 1.82) is 0 Å². The van der Waals surface area contributed by atoms with Crippen LogP contribution in [-0.2, 0) is 0 Å². The van der Waals surface area contributed by atoms with Crippen molar-refractivity contribution in [3.63, 3.8) is 0 Å². The lowest BCUT2D eigenvalue weighted by atomic mass is 10.0. The van der Waals surface area contributed by atoms with E-state index in [2.05, 4.69) is 220 Å². The van der Waals surface area contributed by atoms with Gasteiger partial charge in [0.05, 0.1) is 27.6 Å². The van der Waals surface area contributed by atoms with E-state index in [1.54, 1.807) is 0 Å². The van der Waals surface area contributed by atoms with E-state index >= 15 is 0 Å². The molecule has 0 aliphatic rings. The lowest BCUT2D eigenvalue weighted by Crippen LogP contribution is -2.00. The van der Waals surface area contributed by atoms with E-state index in [0.717, 1.165) is 61.4 Å². The molecule has 0 atom stereocenters. The zero-order valence-electron chi connectivity index (χ0n) is 40.6. The van der Waals surface area contributed by atoms with E-state index in [0.29, 0.717) is 17.5 Å². The molecule has 4 aromatic heterocycles. The maximum Gasteiger partial charge on any atom is 0.164 e. The third-order valence-corrected chi connectivity index (χ3v) is 14.9. The van der Waals surface area contributed by atoms with Crippen LogP contribution in [0.4, 0.5) is 0 Å². The highest BCUT2D eigenvalue weighted by Gasteiger charge is 2.21. The van der Waals surface area contributed by atoms with Gasteiger partial charge in [0.2, 0.25) is 0 Å². The van der Waals surface area contributed by atoms with E-state index < -0.39 is 0 Å². The van der Waals surface area contributed by atoms with Crippen molar-refractivity contribution in [3.05, 3.63) is 267 Å². The first-order valence-electron chi connectivity index (χ1n) is 25.4. The third-order valence-electron chi connectivity index (χ3n) is 14.9. The summed E-state index contributed by atoms with van der Waals surface area (Å²) in [5.74, 6) is 1.91. The lowest BCUT2D eigenvalue weighted by Gasteiger charge is -2.13. The molecule has 0 saturated heterocycles. The number of hydrogen-bond donors (Lipinski definition) is 0. The van der Waals surface area contributed by atoms with Crippen LogP contribution in [0.25, 0.3) is 139 Å². The second kappa shape index (κ2) is 17.3. The van der Waals surface area contributed by atoms with Gasteiger partial charge >= 0.3 is 0 Å². The van der Waals surface area contributed by atoms with Gasteiger partial charge in [0.25, 0.3) is 0 Å². The third kappa shape index (κ3) is 7.07. The van der Waals surface area contributed by atoms with Gasteiger partial charge < -0.3 is 13.7 Å². The van der Waals surface area contributed by atoms with Gasteiger partial charge in [-0.05, 0) is 106 Å². The fourth-order valence-electron chi connectivity index (χ4n) is 11.4. The Morgan fingerprint density at radius 3 is 1.41 bits per heavy atom. The molecule has 0 unspecified atom stereocenters. The molecule has 0 aliphatic carbocycles. The summed E-state index contributed by atoms with van der Waals surface area (Å²) in [7, 11) is 0. The molecule has 15 aromatic rings. The van der Waals surface area contributed by atoms with Gasteiger partial charge in [-0.25, -0.2) is 15.0 Å². The standard InChI is InChI=1S/C69H44N6/c1-4-17-45(18-5-1)50-25-15-29-55(42-50)75-62-36-33-46-19-10-11-30-56(46)65(62)66-59-39-40-73(60(59)37-38-63(66)75)53-34-35-58-57-31-12-13-32-61(57)74(64(58)44-53)54-28-16-26-51(43-54)49-24-14-27-52(41-49)69-71-67(47-20-6-2-7-21-47)70-68(72-69)48-22-8-3-9-23-48/h1-44H. The normalized spacial score (nSPS) is 11.7. The SMILES string of the molecule is c1ccc(-c2cccc(-n3c4ccc5ccccc5c4c4c5ccn(-c6ccc7c8ccccc8n(-c8cccc(-c9cccc(-c%10nc(-c%11ccccc%11)nc(-c%11ccccc%11)n%10)c9)c8)c7c6)c5ccc43)c2)cc1. The highest BCUT2D eigenvalue weighted by Crippen LogP contribution is 2.43. The van der Waals surface area contributed by atoms with Crippen LogP contribution in [-0.4, -0.2) is 28.7 Å². The molecule has 6 nitrogen and oxygen atoms in total. The number of para-hydroxylation sites is 1. The number of nitrogens with zero attached hydrogens (tertiary/aromatic N) is 6. The van der Waals surface area contributed by atoms with E-state index in [4.69, 9.17) is 15.0 Å². The Labute approximate surface area is 432 Å². The summed E-state index contributed by atoms with van der Waals surface area (Å²) in [6, 6.07) is 93.2. The molecular weight excluding hydrogens is 913 g/mol. The molecule has 0 N–H and O–H groups in total. The number of rotatable bonds is 8. The minimum atomic E-state index is 0.627. The average Bonchev–Trinajstić information content (AvgIpc) is 4.18. The Kier molecular flexibility index (Phi) is 9.78. The molecule has 0 spiro atoms. The zero-order chi connectivity index (χ0) is 49.4. The predicted octanol–water partition coefficient (Wildman–Crippen LogP) is 17.5. The fourth-order valence-corrected chi connectivity index (χ4v) is 11.4. The van der Waals surface area contributed by atoms with Gasteiger partial charge in [-0.15, -0.1) is 0 Å². The first kappa shape index (κ1) is 42.5. The summed E-state index contributed by atoms with van der Waals surface area (Å²) in [4.78, 5) is 15.0. The van der Waals surface area contributed by atoms with Crippen LogP contribution in [0.1, 0.15) is 0 Å². The topological polar surface area (TPSA) is 53.5 Å². The van der Waals surface area contributed by atoms with E-state index in [1.807, 2.05) is 60.7 Å². The molecule has 350 valence electrons. The van der Waals surface area contributed by atoms with Gasteiger partial charge in [-0.1, -0.05) is 188 Å².